The molecule has 0 saturated heterocycles. The van der Waals surface area contributed by atoms with Crippen LogP contribution >= 0.6 is 11.3 Å². The van der Waals surface area contributed by atoms with E-state index in [0.717, 1.165) is 24.3 Å². The van der Waals surface area contributed by atoms with Crippen molar-refractivity contribution < 1.29 is 14.6 Å². The zero-order valence-corrected chi connectivity index (χ0v) is 13.4. The molecule has 1 aliphatic carbocycles. The van der Waals surface area contributed by atoms with Gasteiger partial charge in [-0.25, -0.2) is 4.98 Å². The highest BCUT2D eigenvalue weighted by molar-refractivity contribution is 7.09. The summed E-state index contributed by atoms with van der Waals surface area (Å²) in [6.45, 7) is 6.00. The molecule has 0 unspecified atom stereocenters. The summed E-state index contributed by atoms with van der Waals surface area (Å²) in [5.74, 6) is -0.109. The van der Waals surface area contributed by atoms with Crippen molar-refractivity contribution in [1.29, 1.82) is 0 Å². The second kappa shape index (κ2) is 5.45. The average Bonchev–Trinajstić information content (AvgIpc) is 2.91. The molecule has 0 aliphatic heterocycles. The van der Waals surface area contributed by atoms with Crippen LogP contribution in [0.2, 0.25) is 0 Å². The number of hydrogen-bond donors (Lipinski definition) is 1. The lowest BCUT2D eigenvalue weighted by Crippen LogP contribution is -2.44. The molecule has 5 heteroatoms. The predicted molar refractivity (Wildman–Crippen MR) is 78.3 cm³/mol. The van der Waals surface area contributed by atoms with Crippen molar-refractivity contribution in [1.82, 2.24) is 4.98 Å². The van der Waals surface area contributed by atoms with Gasteiger partial charge in [-0.1, -0.05) is 13.8 Å². The first-order valence-corrected chi connectivity index (χ1v) is 7.87. The molecule has 1 fully saturated rings. The number of aliphatic hydroxyl groups is 1. The largest absolute Gasteiger partial charge is 0.469 e. The first-order chi connectivity index (χ1) is 9.29. The van der Waals surface area contributed by atoms with E-state index in [4.69, 9.17) is 4.74 Å². The van der Waals surface area contributed by atoms with Gasteiger partial charge in [0, 0.05) is 11.6 Å². The summed E-state index contributed by atoms with van der Waals surface area (Å²) in [6.07, 6.45) is 4.08. The Kier molecular flexibility index (Phi) is 4.21. The van der Waals surface area contributed by atoms with Crippen molar-refractivity contribution in [2.75, 3.05) is 7.11 Å². The first-order valence-electron chi connectivity index (χ1n) is 6.99. The van der Waals surface area contributed by atoms with Crippen molar-refractivity contribution >= 4 is 17.3 Å². The van der Waals surface area contributed by atoms with Crippen LogP contribution in [0.15, 0.2) is 11.6 Å². The summed E-state index contributed by atoms with van der Waals surface area (Å²) < 4.78 is 4.91. The SMILES string of the molecule is COC(=O)[C@H]1CC[C@H]([C@@](C)(O)c2nccs2)CC1(C)C. The molecule has 1 saturated carbocycles. The number of carbonyl (C=O) groups is 1. The van der Waals surface area contributed by atoms with Gasteiger partial charge in [-0.2, -0.15) is 0 Å². The van der Waals surface area contributed by atoms with E-state index in [2.05, 4.69) is 18.8 Å². The standard InChI is InChI=1S/C15H23NO3S/c1-14(2)9-10(5-6-11(14)12(17)19-4)15(3,18)13-16-7-8-20-13/h7-8,10-11,18H,5-6,9H2,1-4H3/t10-,11+,15+/m0/s1. The van der Waals surface area contributed by atoms with Gasteiger partial charge in [0.05, 0.1) is 13.0 Å². The Labute approximate surface area is 124 Å². The minimum Gasteiger partial charge on any atom is -0.469 e. The van der Waals surface area contributed by atoms with Gasteiger partial charge in [0.2, 0.25) is 0 Å². The number of ether oxygens (including phenoxy) is 1. The van der Waals surface area contributed by atoms with Crippen molar-refractivity contribution in [3.05, 3.63) is 16.6 Å². The fourth-order valence-corrected chi connectivity index (χ4v) is 4.12. The van der Waals surface area contributed by atoms with Gasteiger partial charge in [0.15, 0.2) is 0 Å². The number of hydrogen-bond acceptors (Lipinski definition) is 5. The van der Waals surface area contributed by atoms with E-state index in [0.29, 0.717) is 0 Å². The third-order valence-electron chi connectivity index (χ3n) is 4.67. The van der Waals surface area contributed by atoms with Crippen LogP contribution in [0.5, 0.6) is 0 Å². The van der Waals surface area contributed by atoms with E-state index in [-0.39, 0.29) is 23.2 Å². The van der Waals surface area contributed by atoms with Gasteiger partial charge < -0.3 is 9.84 Å². The van der Waals surface area contributed by atoms with E-state index in [1.807, 2.05) is 12.3 Å². The molecule has 0 amide bonds. The van der Waals surface area contributed by atoms with E-state index in [1.165, 1.54) is 18.4 Å². The minimum atomic E-state index is -0.924. The Morgan fingerprint density at radius 2 is 2.25 bits per heavy atom. The summed E-state index contributed by atoms with van der Waals surface area (Å²) in [7, 11) is 1.44. The summed E-state index contributed by atoms with van der Waals surface area (Å²) in [6, 6.07) is 0. The molecule has 1 heterocycles. The van der Waals surface area contributed by atoms with Crippen molar-refractivity contribution in [3.8, 4) is 0 Å². The van der Waals surface area contributed by atoms with Gasteiger partial charge >= 0.3 is 5.97 Å². The Hall–Kier alpha value is -0.940. The highest BCUT2D eigenvalue weighted by atomic mass is 32.1. The zero-order valence-electron chi connectivity index (χ0n) is 12.5. The topological polar surface area (TPSA) is 59.4 Å². The fraction of sp³-hybridized carbons (Fsp3) is 0.733. The Morgan fingerprint density at radius 3 is 2.75 bits per heavy atom. The monoisotopic (exact) mass is 297 g/mol. The van der Waals surface area contributed by atoms with Crippen LogP contribution in [-0.4, -0.2) is 23.2 Å². The average molecular weight is 297 g/mol. The van der Waals surface area contributed by atoms with Crippen LogP contribution in [0.1, 0.15) is 45.0 Å². The quantitative estimate of drug-likeness (QED) is 0.871. The smallest absolute Gasteiger partial charge is 0.309 e. The second-order valence-electron chi connectivity index (χ2n) is 6.53. The lowest BCUT2D eigenvalue weighted by molar-refractivity contribution is -0.155. The van der Waals surface area contributed by atoms with E-state index in [9.17, 15) is 9.90 Å². The maximum atomic E-state index is 11.9. The van der Waals surface area contributed by atoms with Crippen LogP contribution in [0.3, 0.4) is 0 Å². The molecule has 1 aromatic rings. The summed E-state index contributed by atoms with van der Waals surface area (Å²) in [5.41, 5.74) is -1.09. The third-order valence-corrected chi connectivity index (χ3v) is 5.67. The molecule has 3 atom stereocenters. The normalized spacial score (nSPS) is 28.6. The fourth-order valence-electron chi connectivity index (χ4n) is 3.34. The molecule has 4 nitrogen and oxygen atoms in total. The van der Waals surface area contributed by atoms with Crippen LogP contribution < -0.4 is 0 Å². The van der Waals surface area contributed by atoms with Crippen LogP contribution in [0, 0.1) is 17.3 Å². The molecule has 0 bridgehead atoms. The Morgan fingerprint density at radius 1 is 1.55 bits per heavy atom. The molecule has 112 valence electrons. The molecular weight excluding hydrogens is 274 g/mol. The number of aromatic nitrogens is 1. The number of esters is 1. The summed E-state index contributed by atoms with van der Waals surface area (Å²) in [4.78, 5) is 16.1. The van der Waals surface area contributed by atoms with Crippen molar-refractivity contribution in [2.24, 2.45) is 17.3 Å². The molecule has 1 N–H and O–H groups in total. The summed E-state index contributed by atoms with van der Waals surface area (Å²) >= 11 is 1.48. The van der Waals surface area contributed by atoms with Crippen molar-refractivity contribution in [2.45, 2.75) is 45.6 Å². The van der Waals surface area contributed by atoms with Crippen molar-refractivity contribution in [3.63, 3.8) is 0 Å². The van der Waals surface area contributed by atoms with Crippen LogP contribution in [0.4, 0.5) is 0 Å². The van der Waals surface area contributed by atoms with E-state index >= 15 is 0 Å². The maximum Gasteiger partial charge on any atom is 0.309 e. The second-order valence-corrected chi connectivity index (χ2v) is 7.42. The van der Waals surface area contributed by atoms with Gasteiger partial charge in [-0.3, -0.25) is 4.79 Å². The predicted octanol–water partition coefficient (Wildman–Crippen LogP) is 2.97. The van der Waals surface area contributed by atoms with Gasteiger partial charge in [-0.05, 0) is 37.5 Å². The van der Waals surface area contributed by atoms with Crippen LogP contribution in [0.25, 0.3) is 0 Å². The highest BCUT2D eigenvalue weighted by Crippen LogP contribution is 2.49. The first kappa shape index (κ1) is 15.4. The van der Waals surface area contributed by atoms with E-state index < -0.39 is 5.60 Å². The van der Waals surface area contributed by atoms with Gasteiger partial charge in [0.1, 0.15) is 10.6 Å². The molecule has 1 aromatic heterocycles. The minimum absolute atomic E-state index is 0.0872. The molecule has 20 heavy (non-hydrogen) atoms. The molecule has 0 spiro atoms. The van der Waals surface area contributed by atoms with Gasteiger partial charge in [0.25, 0.3) is 0 Å². The number of methoxy groups -OCH3 is 1. The van der Waals surface area contributed by atoms with Crippen LogP contribution in [-0.2, 0) is 15.1 Å². The molecule has 0 aromatic carbocycles. The Balaban J connectivity index is 2.17. The number of nitrogens with zero attached hydrogens (tertiary/aromatic N) is 1. The maximum absolute atomic E-state index is 11.9. The number of carbonyl (C=O) groups excluding carboxylic acids is 1. The molecular formula is C15H23NO3S. The lowest BCUT2D eigenvalue weighted by Gasteiger charge is -2.45. The molecule has 2 rings (SSSR count). The highest BCUT2D eigenvalue weighted by Gasteiger charge is 2.47. The van der Waals surface area contributed by atoms with E-state index in [1.54, 1.807) is 6.20 Å². The Bertz CT molecular complexity index is 467. The number of thiazole rings is 1. The molecule has 0 radical (unpaired) electrons. The zero-order chi connectivity index (χ0) is 15.0. The third kappa shape index (κ3) is 2.74. The van der Waals surface area contributed by atoms with Gasteiger partial charge in [-0.15, -0.1) is 11.3 Å². The number of rotatable bonds is 3. The summed E-state index contributed by atoms with van der Waals surface area (Å²) in [5, 5.41) is 13.5. The molecule has 1 aliphatic rings. The lowest BCUT2D eigenvalue weighted by atomic mass is 9.61.